The smallest absolute Gasteiger partial charge is 0.352 e. The lowest BCUT2D eigenvalue weighted by Crippen LogP contribution is -2.02. The Morgan fingerprint density at radius 1 is 1.44 bits per heavy atom. The van der Waals surface area contributed by atoms with Crippen molar-refractivity contribution >= 4 is 18.2 Å². The van der Waals surface area contributed by atoms with Crippen molar-refractivity contribution in [2.24, 2.45) is 0 Å². The molecule has 0 amide bonds. The zero-order valence-corrected chi connectivity index (χ0v) is 10.3. The molecule has 1 heterocycles. The van der Waals surface area contributed by atoms with Crippen LogP contribution in [0.25, 0.3) is 11.3 Å². The van der Waals surface area contributed by atoms with Crippen LogP contribution in [0.3, 0.4) is 0 Å². The number of aromatic amines is 1. The van der Waals surface area contributed by atoms with Crippen molar-refractivity contribution in [3.05, 3.63) is 40.8 Å². The molecule has 0 spiro atoms. The molecule has 2 rings (SSSR count). The van der Waals surface area contributed by atoms with Crippen LogP contribution in [0.15, 0.2) is 30.3 Å². The summed E-state index contributed by atoms with van der Waals surface area (Å²) in [5.74, 6) is -0.405. The number of carboxylic acid groups (broad SMARTS) is 1. The van der Waals surface area contributed by atoms with E-state index in [9.17, 15) is 4.79 Å². The number of hydrogen-bond donors (Lipinski definition) is 2. The van der Waals surface area contributed by atoms with Gasteiger partial charge in [0.15, 0.2) is 4.77 Å². The predicted octanol–water partition coefficient (Wildman–Crippen LogP) is 2.51. The minimum Gasteiger partial charge on any atom is -0.497 e. The summed E-state index contributed by atoms with van der Waals surface area (Å²) in [6, 6.07) is 8.61. The van der Waals surface area contributed by atoms with Crippen molar-refractivity contribution in [2.75, 3.05) is 7.11 Å². The van der Waals surface area contributed by atoms with Crippen LogP contribution in [0.2, 0.25) is 0 Å². The fourth-order valence-electron chi connectivity index (χ4n) is 1.50. The van der Waals surface area contributed by atoms with Crippen LogP contribution >= 0.6 is 12.2 Å². The number of benzene rings is 1. The molecule has 0 fully saturated rings. The average molecular weight is 262 g/mol. The van der Waals surface area contributed by atoms with Gasteiger partial charge in [0.1, 0.15) is 11.4 Å². The number of methoxy groups -OCH3 is 1. The zero-order chi connectivity index (χ0) is 13.1. The fraction of sp³-hybridized carbons (Fsp3) is 0.0833. The van der Waals surface area contributed by atoms with Gasteiger partial charge in [-0.05, 0) is 30.4 Å². The van der Waals surface area contributed by atoms with E-state index < -0.39 is 5.97 Å². The largest absolute Gasteiger partial charge is 0.497 e. The molecule has 0 aliphatic carbocycles. The zero-order valence-electron chi connectivity index (χ0n) is 9.51. The maximum absolute atomic E-state index is 10.9. The minimum atomic E-state index is -1.08. The van der Waals surface area contributed by atoms with Crippen molar-refractivity contribution < 1.29 is 14.6 Å². The standard InChI is InChI=1S/C12H10N2O3S/c1-17-8-4-2-3-7(5-8)9-6-10(11(15)16)14-12(18)13-9/h2-6H,1H3,(H,15,16)(H,13,14,18). The summed E-state index contributed by atoms with van der Waals surface area (Å²) >= 11 is 4.91. The molecule has 5 nitrogen and oxygen atoms in total. The van der Waals surface area contributed by atoms with Gasteiger partial charge in [-0.2, -0.15) is 0 Å². The first kappa shape index (κ1) is 12.3. The first-order chi connectivity index (χ1) is 8.60. The molecular formula is C12H10N2O3S. The topological polar surface area (TPSA) is 75.2 Å². The third kappa shape index (κ3) is 2.54. The molecule has 0 saturated heterocycles. The summed E-state index contributed by atoms with van der Waals surface area (Å²) in [6.45, 7) is 0. The quantitative estimate of drug-likeness (QED) is 0.831. The van der Waals surface area contributed by atoms with Gasteiger partial charge < -0.3 is 14.8 Å². The number of aromatic nitrogens is 2. The summed E-state index contributed by atoms with van der Waals surface area (Å²) in [5, 5.41) is 8.95. The van der Waals surface area contributed by atoms with Gasteiger partial charge in [0.2, 0.25) is 0 Å². The van der Waals surface area contributed by atoms with Crippen LogP contribution in [0.1, 0.15) is 10.5 Å². The van der Waals surface area contributed by atoms with Crippen LogP contribution in [-0.2, 0) is 0 Å². The van der Waals surface area contributed by atoms with Crippen molar-refractivity contribution in [3.63, 3.8) is 0 Å². The van der Waals surface area contributed by atoms with E-state index in [1.807, 2.05) is 6.07 Å². The lowest BCUT2D eigenvalue weighted by Gasteiger charge is -2.05. The van der Waals surface area contributed by atoms with Gasteiger partial charge in [-0.1, -0.05) is 12.1 Å². The third-order valence-corrected chi connectivity index (χ3v) is 2.53. The Labute approximate surface area is 108 Å². The van der Waals surface area contributed by atoms with E-state index in [4.69, 9.17) is 22.1 Å². The van der Waals surface area contributed by atoms with E-state index in [2.05, 4.69) is 9.97 Å². The number of rotatable bonds is 3. The number of ether oxygens (including phenoxy) is 1. The Balaban J connectivity index is 2.56. The average Bonchev–Trinajstić information content (AvgIpc) is 2.38. The Morgan fingerprint density at radius 3 is 2.89 bits per heavy atom. The molecule has 18 heavy (non-hydrogen) atoms. The number of carboxylic acids is 1. The van der Waals surface area contributed by atoms with Gasteiger partial charge in [0, 0.05) is 5.56 Å². The lowest BCUT2D eigenvalue weighted by atomic mass is 10.1. The first-order valence-corrected chi connectivity index (χ1v) is 5.50. The molecule has 0 bridgehead atoms. The first-order valence-electron chi connectivity index (χ1n) is 5.09. The van der Waals surface area contributed by atoms with E-state index in [0.717, 1.165) is 5.56 Å². The highest BCUT2D eigenvalue weighted by molar-refractivity contribution is 7.71. The van der Waals surface area contributed by atoms with E-state index in [0.29, 0.717) is 11.4 Å². The van der Waals surface area contributed by atoms with Crippen LogP contribution in [-0.4, -0.2) is 28.2 Å². The number of carbonyl (C=O) groups is 1. The van der Waals surface area contributed by atoms with Gasteiger partial charge in [-0.25, -0.2) is 9.78 Å². The molecule has 0 aliphatic heterocycles. The van der Waals surface area contributed by atoms with E-state index in [-0.39, 0.29) is 10.5 Å². The highest BCUT2D eigenvalue weighted by Crippen LogP contribution is 2.22. The second-order valence-corrected chi connectivity index (χ2v) is 3.91. The molecule has 2 N–H and O–H groups in total. The maximum Gasteiger partial charge on any atom is 0.352 e. The number of H-pyrrole nitrogens is 1. The molecule has 0 aliphatic rings. The highest BCUT2D eigenvalue weighted by atomic mass is 32.1. The Morgan fingerprint density at radius 2 is 2.22 bits per heavy atom. The molecule has 0 unspecified atom stereocenters. The Hall–Kier alpha value is -2.21. The van der Waals surface area contributed by atoms with Gasteiger partial charge in [-0.3, -0.25) is 0 Å². The summed E-state index contributed by atoms with van der Waals surface area (Å²) in [4.78, 5) is 17.6. The predicted molar refractivity (Wildman–Crippen MR) is 68.4 cm³/mol. The Kier molecular flexibility index (Phi) is 3.38. The summed E-state index contributed by atoms with van der Waals surface area (Å²) in [7, 11) is 1.56. The molecule has 2 aromatic rings. The minimum absolute atomic E-state index is 0.00724. The van der Waals surface area contributed by atoms with Gasteiger partial charge in [-0.15, -0.1) is 0 Å². The number of aromatic carboxylic acids is 1. The summed E-state index contributed by atoms with van der Waals surface area (Å²) in [5.41, 5.74) is 1.25. The van der Waals surface area contributed by atoms with Crippen LogP contribution in [0, 0.1) is 4.77 Å². The second-order valence-electron chi connectivity index (χ2n) is 3.52. The Bertz CT molecular complexity index is 652. The SMILES string of the molecule is COc1cccc(-c2cc(C(=O)O)[nH]c(=S)n2)c1. The molecule has 0 atom stereocenters. The monoisotopic (exact) mass is 262 g/mol. The van der Waals surface area contributed by atoms with Crippen molar-refractivity contribution in [2.45, 2.75) is 0 Å². The number of nitrogens with zero attached hydrogens (tertiary/aromatic N) is 1. The van der Waals surface area contributed by atoms with E-state index >= 15 is 0 Å². The van der Waals surface area contributed by atoms with Crippen LogP contribution < -0.4 is 4.74 Å². The van der Waals surface area contributed by atoms with Crippen molar-refractivity contribution in [3.8, 4) is 17.0 Å². The van der Waals surface area contributed by atoms with Crippen LogP contribution in [0.5, 0.6) is 5.75 Å². The van der Waals surface area contributed by atoms with E-state index in [1.165, 1.54) is 6.07 Å². The molecule has 0 radical (unpaired) electrons. The van der Waals surface area contributed by atoms with Crippen LogP contribution in [0.4, 0.5) is 0 Å². The van der Waals surface area contributed by atoms with Crippen molar-refractivity contribution in [1.82, 2.24) is 9.97 Å². The highest BCUT2D eigenvalue weighted by Gasteiger charge is 2.08. The molecule has 6 heteroatoms. The third-order valence-electron chi connectivity index (χ3n) is 2.34. The maximum atomic E-state index is 10.9. The number of nitrogens with one attached hydrogen (secondary N) is 1. The molecule has 1 aromatic heterocycles. The molecule has 1 aromatic carbocycles. The number of hydrogen-bond acceptors (Lipinski definition) is 4. The van der Waals surface area contributed by atoms with Crippen molar-refractivity contribution in [1.29, 1.82) is 0 Å². The summed E-state index contributed by atoms with van der Waals surface area (Å²) in [6.07, 6.45) is 0. The molecular weight excluding hydrogens is 252 g/mol. The normalized spacial score (nSPS) is 10.1. The van der Waals surface area contributed by atoms with Gasteiger partial charge in [0.25, 0.3) is 0 Å². The second kappa shape index (κ2) is 4.97. The van der Waals surface area contributed by atoms with E-state index in [1.54, 1.807) is 25.3 Å². The van der Waals surface area contributed by atoms with Gasteiger partial charge in [0.05, 0.1) is 12.8 Å². The fourth-order valence-corrected chi connectivity index (χ4v) is 1.71. The van der Waals surface area contributed by atoms with Gasteiger partial charge >= 0.3 is 5.97 Å². The summed E-state index contributed by atoms with van der Waals surface area (Å²) < 4.78 is 5.24. The molecule has 92 valence electrons. The lowest BCUT2D eigenvalue weighted by molar-refractivity contribution is 0.0690. The molecule has 0 saturated carbocycles.